The molecule has 8 nitrogen and oxygen atoms in total. The van der Waals surface area contributed by atoms with Gasteiger partial charge in [-0.3, -0.25) is 9.59 Å². The summed E-state index contributed by atoms with van der Waals surface area (Å²) < 4.78 is 5.44. The number of benzene rings is 2. The zero-order chi connectivity index (χ0) is 29.2. The SMILES string of the molecule is CCC(C)N(C(=O)C(CCSC)NC(=O)OC(C)(C)C)C(C(=O)NCc1ccccc1)c1ccc(O)c(C)c1. The molecular weight excluding hydrogens is 514 g/mol. The van der Waals surface area contributed by atoms with Crippen LogP contribution in [0, 0.1) is 6.92 Å². The number of amides is 3. The number of aryl methyl sites for hydroxylation is 1. The van der Waals surface area contributed by atoms with Gasteiger partial charge in [0, 0.05) is 12.6 Å². The van der Waals surface area contributed by atoms with Crippen molar-refractivity contribution in [2.75, 3.05) is 12.0 Å². The van der Waals surface area contributed by atoms with E-state index < -0.39 is 23.8 Å². The Morgan fingerprint density at radius 3 is 2.33 bits per heavy atom. The Balaban J connectivity index is 2.51. The number of nitrogens with zero attached hydrogens (tertiary/aromatic N) is 1. The fourth-order valence-corrected chi connectivity index (χ4v) is 4.56. The number of hydrogen-bond acceptors (Lipinski definition) is 6. The molecule has 3 unspecified atom stereocenters. The van der Waals surface area contributed by atoms with Crippen molar-refractivity contribution in [2.24, 2.45) is 0 Å². The largest absolute Gasteiger partial charge is 0.508 e. The van der Waals surface area contributed by atoms with Crippen LogP contribution in [0.3, 0.4) is 0 Å². The highest BCUT2D eigenvalue weighted by atomic mass is 32.2. The van der Waals surface area contributed by atoms with Crippen LogP contribution in [-0.2, 0) is 20.9 Å². The lowest BCUT2D eigenvalue weighted by molar-refractivity contribution is -0.145. The molecule has 0 aliphatic heterocycles. The smallest absolute Gasteiger partial charge is 0.408 e. The van der Waals surface area contributed by atoms with Crippen LogP contribution in [0.2, 0.25) is 0 Å². The van der Waals surface area contributed by atoms with E-state index in [1.807, 2.05) is 50.4 Å². The average Bonchev–Trinajstić information content (AvgIpc) is 2.88. The molecule has 0 aliphatic rings. The summed E-state index contributed by atoms with van der Waals surface area (Å²) in [6.07, 6.45) is 2.21. The van der Waals surface area contributed by atoms with Gasteiger partial charge in [0.1, 0.15) is 23.4 Å². The van der Waals surface area contributed by atoms with Crippen molar-refractivity contribution in [2.45, 2.75) is 84.7 Å². The molecular formula is C30H43N3O5S. The molecule has 0 fully saturated rings. The van der Waals surface area contributed by atoms with Gasteiger partial charge in [-0.2, -0.15) is 11.8 Å². The lowest BCUT2D eigenvalue weighted by atomic mass is 9.97. The first-order valence-corrected chi connectivity index (χ1v) is 14.7. The van der Waals surface area contributed by atoms with Crippen LogP contribution in [0.15, 0.2) is 48.5 Å². The van der Waals surface area contributed by atoms with Gasteiger partial charge in [-0.05, 0) is 88.3 Å². The third-order valence-electron chi connectivity index (χ3n) is 6.29. The summed E-state index contributed by atoms with van der Waals surface area (Å²) in [4.78, 5) is 42.3. The fourth-order valence-electron chi connectivity index (χ4n) is 4.09. The Hall–Kier alpha value is -3.20. The summed E-state index contributed by atoms with van der Waals surface area (Å²) >= 11 is 1.56. The minimum Gasteiger partial charge on any atom is -0.508 e. The molecule has 214 valence electrons. The van der Waals surface area contributed by atoms with Crippen molar-refractivity contribution in [1.82, 2.24) is 15.5 Å². The van der Waals surface area contributed by atoms with E-state index >= 15 is 0 Å². The number of phenols is 1. The maximum absolute atomic E-state index is 14.2. The molecule has 2 aromatic rings. The molecule has 0 aliphatic carbocycles. The topological polar surface area (TPSA) is 108 Å². The first-order chi connectivity index (χ1) is 18.4. The van der Waals surface area contributed by atoms with Gasteiger partial charge in [0.05, 0.1) is 0 Å². The van der Waals surface area contributed by atoms with E-state index in [1.165, 1.54) is 6.07 Å². The average molecular weight is 558 g/mol. The van der Waals surface area contributed by atoms with Crippen LogP contribution in [0.5, 0.6) is 5.75 Å². The normalized spacial score (nSPS) is 13.6. The van der Waals surface area contributed by atoms with Crippen molar-refractivity contribution >= 4 is 29.7 Å². The van der Waals surface area contributed by atoms with Gasteiger partial charge in [-0.25, -0.2) is 4.79 Å². The van der Waals surface area contributed by atoms with Crippen LogP contribution in [0.4, 0.5) is 4.79 Å². The molecule has 0 aromatic heterocycles. The number of alkyl carbamates (subject to hydrolysis) is 1. The summed E-state index contributed by atoms with van der Waals surface area (Å²) in [6.45, 7) is 11.2. The van der Waals surface area contributed by atoms with E-state index in [1.54, 1.807) is 56.5 Å². The van der Waals surface area contributed by atoms with Crippen LogP contribution >= 0.6 is 11.8 Å². The zero-order valence-electron chi connectivity index (χ0n) is 24.1. The monoisotopic (exact) mass is 557 g/mol. The van der Waals surface area contributed by atoms with E-state index in [0.717, 1.165) is 5.56 Å². The molecule has 0 radical (unpaired) electrons. The zero-order valence-corrected chi connectivity index (χ0v) is 24.9. The number of rotatable bonds is 12. The summed E-state index contributed by atoms with van der Waals surface area (Å²) in [5.41, 5.74) is 1.37. The molecule has 3 N–H and O–H groups in total. The molecule has 2 rings (SSSR count). The van der Waals surface area contributed by atoms with Gasteiger partial charge in [-0.15, -0.1) is 0 Å². The molecule has 0 heterocycles. The molecule has 0 bridgehead atoms. The lowest BCUT2D eigenvalue weighted by Gasteiger charge is -2.38. The highest BCUT2D eigenvalue weighted by Gasteiger charge is 2.38. The third-order valence-corrected chi connectivity index (χ3v) is 6.94. The number of hydrogen-bond donors (Lipinski definition) is 3. The first kappa shape index (κ1) is 32.0. The van der Waals surface area contributed by atoms with E-state index in [0.29, 0.717) is 36.3 Å². The van der Waals surface area contributed by atoms with Crippen LogP contribution in [0.1, 0.15) is 70.2 Å². The van der Waals surface area contributed by atoms with Crippen LogP contribution in [0.25, 0.3) is 0 Å². The summed E-state index contributed by atoms with van der Waals surface area (Å²) in [6, 6.07) is 12.3. The lowest BCUT2D eigenvalue weighted by Crippen LogP contribution is -2.55. The Kier molecular flexibility index (Phi) is 12.2. The maximum atomic E-state index is 14.2. The van der Waals surface area contributed by atoms with Crippen LogP contribution in [-0.4, -0.2) is 57.6 Å². The quantitative estimate of drug-likeness (QED) is 0.326. The number of aromatic hydroxyl groups is 1. The predicted molar refractivity (Wildman–Crippen MR) is 157 cm³/mol. The third kappa shape index (κ3) is 9.80. The Bertz CT molecular complexity index is 1100. The summed E-state index contributed by atoms with van der Waals surface area (Å²) in [5.74, 6) is 0.0189. The van der Waals surface area contributed by atoms with Crippen molar-refractivity contribution in [3.05, 3.63) is 65.2 Å². The minimum atomic E-state index is -0.979. The van der Waals surface area contributed by atoms with Gasteiger partial charge >= 0.3 is 6.09 Å². The summed E-state index contributed by atoms with van der Waals surface area (Å²) in [5, 5.41) is 15.9. The van der Waals surface area contributed by atoms with Crippen molar-refractivity contribution in [1.29, 1.82) is 0 Å². The van der Waals surface area contributed by atoms with E-state index in [9.17, 15) is 19.5 Å². The summed E-state index contributed by atoms with van der Waals surface area (Å²) in [7, 11) is 0. The maximum Gasteiger partial charge on any atom is 0.408 e. The molecule has 3 amide bonds. The number of carbonyl (C=O) groups is 3. The number of carbonyl (C=O) groups excluding carboxylic acids is 3. The highest BCUT2D eigenvalue weighted by molar-refractivity contribution is 7.98. The van der Waals surface area contributed by atoms with E-state index in [-0.39, 0.29) is 23.6 Å². The number of thioether (sulfide) groups is 1. The second-order valence-electron chi connectivity index (χ2n) is 10.6. The molecule has 3 atom stereocenters. The van der Waals surface area contributed by atoms with Gasteiger partial charge < -0.3 is 25.4 Å². The second-order valence-corrected chi connectivity index (χ2v) is 11.6. The van der Waals surface area contributed by atoms with Crippen molar-refractivity contribution in [3.8, 4) is 5.75 Å². The Morgan fingerprint density at radius 1 is 1.10 bits per heavy atom. The molecule has 9 heteroatoms. The first-order valence-electron chi connectivity index (χ1n) is 13.3. The highest BCUT2D eigenvalue weighted by Crippen LogP contribution is 2.30. The number of phenolic OH excluding ortho intramolecular Hbond substituents is 1. The molecule has 0 saturated carbocycles. The van der Waals surface area contributed by atoms with Gasteiger partial charge in [-0.1, -0.05) is 43.3 Å². The Morgan fingerprint density at radius 2 is 1.77 bits per heavy atom. The predicted octanol–water partition coefficient (Wildman–Crippen LogP) is 5.33. The minimum absolute atomic E-state index is 0.105. The van der Waals surface area contributed by atoms with Crippen molar-refractivity contribution in [3.63, 3.8) is 0 Å². The Labute approximate surface area is 236 Å². The molecule has 39 heavy (non-hydrogen) atoms. The fraction of sp³-hybridized carbons (Fsp3) is 0.500. The van der Waals surface area contributed by atoms with Gasteiger partial charge in [0.2, 0.25) is 11.8 Å². The number of nitrogens with one attached hydrogen (secondary N) is 2. The molecule has 2 aromatic carbocycles. The molecule has 0 saturated heterocycles. The van der Waals surface area contributed by atoms with Gasteiger partial charge in [0.15, 0.2) is 0 Å². The van der Waals surface area contributed by atoms with E-state index in [4.69, 9.17) is 4.74 Å². The molecule has 0 spiro atoms. The number of ether oxygens (including phenoxy) is 1. The van der Waals surface area contributed by atoms with E-state index in [2.05, 4.69) is 10.6 Å². The van der Waals surface area contributed by atoms with Crippen LogP contribution < -0.4 is 10.6 Å². The second kappa shape index (κ2) is 14.8. The van der Waals surface area contributed by atoms with Crippen molar-refractivity contribution < 1.29 is 24.2 Å². The standard InChI is InChI=1S/C30H43N3O5S/c1-8-21(3)33(28(36)24(16-17-39-7)32-29(37)38-30(4,5)6)26(23-14-15-25(34)20(2)18-23)27(35)31-19-22-12-10-9-11-13-22/h9-15,18,21,24,26,34H,8,16-17,19H2,1-7H3,(H,31,35)(H,32,37). The van der Waals surface area contributed by atoms with Gasteiger partial charge in [0.25, 0.3) is 0 Å².